The Morgan fingerprint density at radius 3 is 2.45 bits per heavy atom. The SMILES string of the molecule is COc1ccc(-c2n[nH]c(=S)n2CCC(=O)NCc2ccc(CN3CCCCC3)cc2)cc1. The average Bonchev–Trinajstić information content (AvgIpc) is 3.23. The largest absolute Gasteiger partial charge is 0.497 e. The van der Waals surface area contributed by atoms with Crippen molar-refractivity contribution in [2.24, 2.45) is 0 Å². The maximum atomic E-state index is 12.5. The molecule has 33 heavy (non-hydrogen) atoms. The first-order chi connectivity index (χ1) is 16.1. The number of amides is 1. The number of piperidine rings is 1. The van der Waals surface area contributed by atoms with E-state index in [0.29, 0.717) is 30.1 Å². The summed E-state index contributed by atoms with van der Waals surface area (Å²) < 4.78 is 7.56. The number of aromatic amines is 1. The van der Waals surface area contributed by atoms with Crippen LogP contribution in [0.15, 0.2) is 48.5 Å². The quantitative estimate of drug-likeness (QED) is 0.461. The molecule has 0 atom stereocenters. The summed E-state index contributed by atoms with van der Waals surface area (Å²) >= 11 is 5.37. The lowest BCUT2D eigenvalue weighted by Gasteiger charge is -2.26. The minimum absolute atomic E-state index is 0.0174. The van der Waals surface area contributed by atoms with E-state index >= 15 is 0 Å². The number of carbonyl (C=O) groups is 1. The van der Waals surface area contributed by atoms with Gasteiger partial charge in [0.05, 0.1) is 7.11 Å². The fourth-order valence-electron chi connectivity index (χ4n) is 4.13. The Kier molecular flexibility index (Phi) is 7.91. The number of benzene rings is 2. The topological polar surface area (TPSA) is 75.2 Å². The van der Waals surface area contributed by atoms with E-state index in [4.69, 9.17) is 17.0 Å². The molecule has 7 nitrogen and oxygen atoms in total. The molecule has 0 saturated carbocycles. The van der Waals surface area contributed by atoms with E-state index in [1.54, 1.807) is 7.11 Å². The molecule has 8 heteroatoms. The molecule has 0 spiro atoms. The third kappa shape index (κ3) is 6.30. The van der Waals surface area contributed by atoms with E-state index in [-0.39, 0.29) is 5.91 Å². The molecule has 1 fully saturated rings. The van der Waals surface area contributed by atoms with Gasteiger partial charge in [0, 0.05) is 31.6 Å². The van der Waals surface area contributed by atoms with E-state index in [0.717, 1.165) is 23.4 Å². The van der Waals surface area contributed by atoms with Crippen LogP contribution in [0.5, 0.6) is 5.75 Å². The monoisotopic (exact) mass is 465 g/mol. The lowest BCUT2D eigenvalue weighted by atomic mass is 10.1. The highest BCUT2D eigenvalue weighted by atomic mass is 32.1. The van der Waals surface area contributed by atoms with Gasteiger partial charge in [-0.05, 0) is 73.5 Å². The Balaban J connectivity index is 1.27. The maximum absolute atomic E-state index is 12.5. The van der Waals surface area contributed by atoms with Crippen molar-refractivity contribution in [3.63, 3.8) is 0 Å². The number of rotatable bonds is 9. The minimum Gasteiger partial charge on any atom is -0.497 e. The van der Waals surface area contributed by atoms with Crippen LogP contribution in [-0.2, 0) is 24.4 Å². The molecule has 0 unspecified atom stereocenters. The molecule has 174 valence electrons. The minimum atomic E-state index is -0.0174. The highest BCUT2D eigenvalue weighted by molar-refractivity contribution is 7.71. The first kappa shape index (κ1) is 23.2. The Labute approximate surface area is 199 Å². The van der Waals surface area contributed by atoms with Gasteiger partial charge in [0.2, 0.25) is 5.91 Å². The van der Waals surface area contributed by atoms with Crippen LogP contribution in [0.4, 0.5) is 0 Å². The molecule has 0 radical (unpaired) electrons. The summed E-state index contributed by atoms with van der Waals surface area (Å²) in [5, 5.41) is 10.2. The van der Waals surface area contributed by atoms with Gasteiger partial charge in [0.25, 0.3) is 0 Å². The fraction of sp³-hybridized carbons (Fsp3) is 0.400. The first-order valence-corrected chi connectivity index (χ1v) is 11.9. The molecule has 2 heterocycles. The van der Waals surface area contributed by atoms with Crippen LogP contribution < -0.4 is 10.1 Å². The summed E-state index contributed by atoms with van der Waals surface area (Å²) in [5.41, 5.74) is 3.34. The molecule has 1 aliphatic heterocycles. The molecular formula is C25H31N5O2S. The van der Waals surface area contributed by atoms with Gasteiger partial charge in [-0.2, -0.15) is 5.10 Å². The second-order valence-corrected chi connectivity index (χ2v) is 8.80. The van der Waals surface area contributed by atoms with E-state index in [1.165, 1.54) is 37.9 Å². The van der Waals surface area contributed by atoms with Crippen molar-refractivity contribution in [2.45, 2.75) is 45.3 Å². The first-order valence-electron chi connectivity index (χ1n) is 11.5. The van der Waals surface area contributed by atoms with Crippen molar-refractivity contribution in [1.82, 2.24) is 25.0 Å². The summed E-state index contributed by atoms with van der Waals surface area (Å²) in [4.78, 5) is 15.0. The number of nitrogens with zero attached hydrogens (tertiary/aromatic N) is 3. The van der Waals surface area contributed by atoms with Gasteiger partial charge in [-0.15, -0.1) is 0 Å². The zero-order valence-electron chi connectivity index (χ0n) is 19.0. The highest BCUT2D eigenvalue weighted by Gasteiger charge is 2.12. The van der Waals surface area contributed by atoms with Crippen molar-refractivity contribution >= 4 is 18.1 Å². The molecule has 1 aliphatic rings. The smallest absolute Gasteiger partial charge is 0.222 e. The number of hydrogen-bond donors (Lipinski definition) is 2. The number of carbonyl (C=O) groups excluding carboxylic acids is 1. The predicted molar refractivity (Wildman–Crippen MR) is 131 cm³/mol. The van der Waals surface area contributed by atoms with E-state index < -0.39 is 0 Å². The fourth-order valence-corrected chi connectivity index (χ4v) is 4.35. The number of hydrogen-bond acceptors (Lipinski definition) is 5. The van der Waals surface area contributed by atoms with Crippen LogP contribution in [0.1, 0.15) is 36.8 Å². The predicted octanol–water partition coefficient (Wildman–Crippen LogP) is 4.31. The van der Waals surface area contributed by atoms with Crippen LogP contribution in [0.2, 0.25) is 0 Å². The molecule has 3 aromatic rings. The lowest BCUT2D eigenvalue weighted by Crippen LogP contribution is -2.29. The number of methoxy groups -OCH3 is 1. The molecule has 1 aromatic heterocycles. The average molecular weight is 466 g/mol. The second-order valence-electron chi connectivity index (χ2n) is 8.41. The van der Waals surface area contributed by atoms with Gasteiger partial charge < -0.3 is 10.1 Å². The van der Waals surface area contributed by atoms with Crippen molar-refractivity contribution in [2.75, 3.05) is 20.2 Å². The lowest BCUT2D eigenvalue weighted by molar-refractivity contribution is -0.121. The van der Waals surface area contributed by atoms with E-state index in [9.17, 15) is 4.79 Å². The summed E-state index contributed by atoms with van der Waals surface area (Å²) in [7, 11) is 1.63. The van der Waals surface area contributed by atoms with Crippen LogP contribution in [0, 0.1) is 4.77 Å². The summed E-state index contributed by atoms with van der Waals surface area (Å²) in [6.07, 6.45) is 4.28. The van der Waals surface area contributed by atoms with Gasteiger partial charge in [-0.1, -0.05) is 30.7 Å². The van der Waals surface area contributed by atoms with Crippen LogP contribution >= 0.6 is 12.2 Å². The molecule has 2 aromatic carbocycles. The molecule has 1 amide bonds. The van der Waals surface area contributed by atoms with Crippen molar-refractivity contribution in [1.29, 1.82) is 0 Å². The van der Waals surface area contributed by atoms with Gasteiger partial charge in [-0.25, -0.2) is 0 Å². The van der Waals surface area contributed by atoms with Gasteiger partial charge in [-0.3, -0.25) is 19.4 Å². The van der Waals surface area contributed by atoms with Gasteiger partial charge >= 0.3 is 0 Å². The Bertz CT molecular complexity index is 1100. The molecular weight excluding hydrogens is 434 g/mol. The van der Waals surface area contributed by atoms with Crippen LogP contribution in [0.25, 0.3) is 11.4 Å². The number of likely N-dealkylation sites (tertiary alicyclic amines) is 1. The zero-order valence-corrected chi connectivity index (χ0v) is 19.9. The summed E-state index contributed by atoms with van der Waals surface area (Å²) in [6.45, 7) is 4.37. The Morgan fingerprint density at radius 1 is 1.06 bits per heavy atom. The molecule has 1 saturated heterocycles. The molecule has 0 bridgehead atoms. The zero-order chi connectivity index (χ0) is 23.0. The van der Waals surface area contributed by atoms with Crippen molar-refractivity contribution in [3.05, 3.63) is 64.4 Å². The summed E-state index contributed by atoms with van der Waals surface area (Å²) in [6, 6.07) is 16.2. The van der Waals surface area contributed by atoms with Crippen molar-refractivity contribution < 1.29 is 9.53 Å². The normalized spacial score (nSPS) is 14.2. The standard InChI is InChI=1S/C25H31N5O2S/c1-32-22-11-9-21(10-12-22)24-27-28-25(33)30(24)16-13-23(31)26-17-19-5-7-20(8-6-19)18-29-14-3-2-4-15-29/h5-12H,2-4,13-18H2,1H3,(H,26,31)(H,28,33). The Hall–Kier alpha value is -2.97. The third-order valence-electron chi connectivity index (χ3n) is 6.04. The molecule has 0 aliphatic carbocycles. The van der Waals surface area contributed by atoms with E-state index in [2.05, 4.69) is 44.7 Å². The third-order valence-corrected chi connectivity index (χ3v) is 6.35. The second kappa shape index (κ2) is 11.2. The Morgan fingerprint density at radius 2 is 1.76 bits per heavy atom. The number of aromatic nitrogens is 3. The van der Waals surface area contributed by atoms with Crippen molar-refractivity contribution in [3.8, 4) is 17.1 Å². The number of H-pyrrole nitrogens is 1. The molecule has 4 rings (SSSR count). The number of nitrogens with one attached hydrogen (secondary N) is 2. The maximum Gasteiger partial charge on any atom is 0.222 e. The van der Waals surface area contributed by atoms with Gasteiger partial charge in [0.1, 0.15) is 5.75 Å². The number of ether oxygens (including phenoxy) is 1. The van der Waals surface area contributed by atoms with Crippen LogP contribution in [-0.4, -0.2) is 45.8 Å². The highest BCUT2D eigenvalue weighted by Crippen LogP contribution is 2.21. The molecule has 2 N–H and O–H groups in total. The van der Waals surface area contributed by atoms with Crippen LogP contribution in [0.3, 0.4) is 0 Å². The summed E-state index contributed by atoms with van der Waals surface area (Å²) in [5.74, 6) is 1.47. The van der Waals surface area contributed by atoms with Gasteiger partial charge in [0.15, 0.2) is 10.6 Å². The van der Waals surface area contributed by atoms with E-state index in [1.807, 2.05) is 28.8 Å².